The van der Waals surface area contributed by atoms with E-state index in [-0.39, 0.29) is 26.2 Å². The lowest BCUT2D eigenvalue weighted by molar-refractivity contribution is 0.109. The number of morpholine rings is 3. The summed E-state index contributed by atoms with van der Waals surface area (Å²) in [7, 11) is 0. The van der Waals surface area contributed by atoms with E-state index in [1.54, 1.807) is 12.1 Å². The Morgan fingerprint density at radius 2 is 0.791 bits per heavy atom. The van der Waals surface area contributed by atoms with E-state index in [9.17, 15) is 0 Å². The van der Waals surface area contributed by atoms with Gasteiger partial charge in [0.15, 0.2) is 0 Å². The Kier molecular flexibility index (Phi) is 16.8. The van der Waals surface area contributed by atoms with Crippen LogP contribution in [0.1, 0.15) is 0 Å². The van der Waals surface area contributed by atoms with Gasteiger partial charge in [-0.1, -0.05) is 46.4 Å². The molecule has 3 aromatic rings. The molecule has 3 aliphatic heterocycles. The van der Waals surface area contributed by atoms with Crippen molar-refractivity contribution >= 4 is 92.8 Å². The van der Waals surface area contributed by atoms with Crippen molar-refractivity contribution in [2.45, 2.75) is 0 Å². The predicted octanol–water partition coefficient (Wildman–Crippen LogP) is 5.28. The molecule has 19 heteroatoms. The summed E-state index contributed by atoms with van der Waals surface area (Å²) in [6, 6.07) is 4.83. The van der Waals surface area contributed by atoms with Crippen LogP contribution >= 0.6 is 81.2 Å². The Morgan fingerprint density at radius 1 is 0.465 bits per heavy atom. The van der Waals surface area contributed by atoms with Gasteiger partial charge in [0.25, 0.3) is 0 Å². The number of nitrogens with zero attached hydrogens (tertiary/aromatic N) is 8. The first-order valence-electron chi connectivity index (χ1n) is 12.9. The van der Waals surface area contributed by atoms with Crippen LogP contribution in [-0.4, -0.2) is 109 Å². The first-order chi connectivity index (χ1) is 20.7. The summed E-state index contributed by atoms with van der Waals surface area (Å²) in [6.07, 6.45) is 0. The van der Waals surface area contributed by atoms with Crippen LogP contribution in [0.25, 0.3) is 0 Å². The molecule has 6 rings (SSSR count). The summed E-state index contributed by atoms with van der Waals surface area (Å²) in [5.41, 5.74) is 0. The highest BCUT2D eigenvalue weighted by atomic mass is 35.5. The lowest BCUT2D eigenvalue weighted by Gasteiger charge is -2.27. The highest BCUT2D eigenvalue weighted by molar-refractivity contribution is 6.35. The standard InChI is InChI=1S/2C8H9Cl2N3O.C4HCl3N2.C4H9NO/c2*9-6-5-7(12-8(10)11-6)13-1-3-14-4-2-13;5-2-1-3(6)9-4(7)8-2;1-3-6-4-2-5-1/h2*5H,1-4H2;1H;5H,1-4H2. The largest absolute Gasteiger partial charge is 0.379 e. The molecule has 0 bridgehead atoms. The van der Waals surface area contributed by atoms with Gasteiger partial charge < -0.3 is 29.3 Å². The van der Waals surface area contributed by atoms with Gasteiger partial charge >= 0.3 is 0 Å². The second kappa shape index (κ2) is 20.0. The lowest BCUT2D eigenvalue weighted by atomic mass is 10.4. The Bertz CT molecular complexity index is 1100. The van der Waals surface area contributed by atoms with E-state index in [4.69, 9.17) is 95.4 Å². The molecule has 0 unspecified atom stereocenters. The number of ether oxygens (including phenoxy) is 3. The lowest BCUT2D eigenvalue weighted by Crippen LogP contribution is -2.36. The van der Waals surface area contributed by atoms with Gasteiger partial charge in [0, 0.05) is 57.5 Å². The zero-order chi connectivity index (χ0) is 31.0. The average molecular weight is 739 g/mol. The number of hydrogen-bond donors (Lipinski definition) is 1. The number of hydrogen-bond acceptors (Lipinski definition) is 12. The second-order valence-electron chi connectivity index (χ2n) is 8.48. The van der Waals surface area contributed by atoms with Crippen LogP contribution in [0.2, 0.25) is 36.5 Å². The second-order valence-corrected chi connectivity index (χ2v) is 11.0. The minimum atomic E-state index is 0.0625. The molecule has 43 heavy (non-hydrogen) atoms. The number of halogens is 7. The van der Waals surface area contributed by atoms with E-state index < -0.39 is 0 Å². The fourth-order valence-electron chi connectivity index (χ4n) is 3.55. The number of rotatable bonds is 2. The minimum absolute atomic E-state index is 0.0625. The highest BCUT2D eigenvalue weighted by Crippen LogP contribution is 2.20. The summed E-state index contributed by atoms with van der Waals surface area (Å²) in [6.45, 7) is 9.90. The summed E-state index contributed by atoms with van der Waals surface area (Å²) in [4.78, 5) is 27.1. The molecule has 3 aromatic heterocycles. The molecule has 236 valence electrons. The normalized spacial score (nSPS) is 16.5. The maximum atomic E-state index is 5.78. The summed E-state index contributed by atoms with van der Waals surface area (Å²) < 4.78 is 15.5. The zero-order valence-electron chi connectivity index (χ0n) is 22.7. The Morgan fingerprint density at radius 3 is 1.07 bits per heavy atom. The third-order valence-corrected chi connectivity index (χ3v) is 6.74. The molecule has 6 heterocycles. The molecule has 0 aromatic carbocycles. The molecule has 3 saturated heterocycles. The van der Waals surface area contributed by atoms with Crippen LogP contribution in [0.15, 0.2) is 18.2 Å². The predicted molar refractivity (Wildman–Crippen MR) is 171 cm³/mol. The van der Waals surface area contributed by atoms with Gasteiger partial charge in [0.05, 0.1) is 39.6 Å². The maximum absolute atomic E-state index is 5.78. The minimum Gasteiger partial charge on any atom is -0.379 e. The molecular formula is C24H28Cl7N9O3. The number of anilines is 2. The van der Waals surface area contributed by atoms with Crippen molar-refractivity contribution < 1.29 is 14.2 Å². The van der Waals surface area contributed by atoms with Crippen molar-refractivity contribution in [3.63, 3.8) is 0 Å². The van der Waals surface area contributed by atoms with E-state index in [1.165, 1.54) is 6.07 Å². The fourth-order valence-corrected chi connectivity index (χ4v) is 5.03. The molecule has 0 radical (unpaired) electrons. The molecule has 3 fully saturated rings. The van der Waals surface area contributed by atoms with Crippen LogP contribution in [0.4, 0.5) is 11.6 Å². The van der Waals surface area contributed by atoms with Crippen molar-refractivity contribution in [2.24, 2.45) is 0 Å². The number of aromatic nitrogens is 6. The summed E-state index contributed by atoms with van der Waals surface area (Å²) in [5.74, 6) is 1.52. The topological polar surface area (TPSA) is 124 Å². The number of nitrogens with one attached hydrogen (secondary N) is 1. The van der Waals surface area contributed by atoms with Crippen molar-refractivity contribution in [1.29, 1.82) is 0 Å². The van der Waals surface area contributed by atoms with Gasteiger partial charge in [0.2, 0.25) is 15.9 Å². The quantitative estimate of drug-likeness (QED) is 0.272. The zero-order valence-corrected chi connectivity index (χ0v) is 28.0. The van der Waals surface area contributed by atoms with Crippen LogP contribution in [0.5, 0.6) is 0 Å². The van der Waals surface area contributed by atoms with Gasteiger partial charge in [-0.15, -0.1) is 0 Å². The van der Waals surface area contributed by atoms with Crippen molar-refractivity contribution in [2.75, 3.05) is 88.7 Å². The van der Waals surface area contributed by atoms with E-state index in [1.807, 2.05) is 0 Å². The SMILES string of the molecule is C1COCCN1.Clc1cc(Cl)nc(Cl)n1.Clc1cc(N2CCOCC2)nc(Cl)n1.Clc1cc(N2CCOCC2)nc(Cl)n1. The molecule has 12 nitrogen and oxygen atoms in total. The van der Waals surface area contributed by atoms with Gasteiger partial charge in [-0.05, 0) is 34.8 Å². The van der Waals surface area contributed by atoms with Gasteiger partial charge in [-0.3, -0.25) is 0 Å². The maximum Gasteiger partial charge on any atom is 0.225 e. The monoisotopic (exact) mass is 735 g/mol. The first-order valence-corrected chi connectivity index (χ1v) is 15.5. The van der Waals surface area contributed by atoms with Gasteiger partial charge in [-0.2, -0.15) is 0 Å². The molecule has 0 amide bonds. The fraction of sp³-hybridized carbons (Fsp3) is 0.500. The average Bonchev–Trinajstić information content (AvgIpc) is 2.98. The Hall–Kier alpha value is -1.29. The molecule has 1 N–H and O–H groups in total. The highest BCUT2D eigenvalue weighted by Gasteiger charge is 2.15. The third-order valence-electron chi connectivity index (χ3n) is 5.46. The van der Waals surface area contributed by atoms with Crippen LogP contribution < -0.4 is 15.1 Å². The molecule has 0 atom stereocenters. The van der Waals surface area contributed by atoms with E-state index in [0.29, 0.717) is 36.7 Å². The van der Waals surface area contributed by atoms with Gasteiger partial charge in [0.1, 0.15) is 32.2 Å². The Labute approximate surface area is 284 Å². The summed E-state index contributed by atoms with van der Waals surface area (Å²) in [5, 5.41) is 4.82. The first kappa shape index (κ1) is 36.2. The molecule has 3 aliphatic rings. The molecular weight excluding hydrogens is 710 g/mol. The van der Waals surface area contributed by atoms with Crippen molar-refractivity contribution in [3.8, 4) is 0 Å². The van der Waals surface area contributed by atoms with Crippen LogP contribution in [0.3, 0.4) is 0 Å². The van der Waals surface area contributed by atoms with Crippen LogP contribution in [0, 0.1) is 0 Å². The van der Waals surface area contributed by atoms with Crippen LogP contribution in [-0.2, 0) is 14.2 Å². The Balaban J connectivity index is 0.000000164. The molecule has 0 saturated carbocycles. The van der Waals surface area contributed by atoms with E-state index >= 15 is 0 Å². The van der Waals surface area contributed by atoms with Gasteiger partial charge in [-0.25, -0.2) is 29.9 Å². The van der Waals surface area contributed by atoms with E-state index in [0.717, 1.165) is 64.1 Å². The smallest absolute Gasteiger partial charge is 0.225 e. The van der Waals surface area contributed by atoms with E-state index in [2.05, 4.69) is 45.0 Å². The molecule has 0 spiro atoms. The van der Waals surface area contributed by atoms with Crippen molar-refractivity contribution in [1.82, 2.24) is 35.2 Å². The van der Waals surface area contributed by atoms with Crippen molar-refractivity contribution in [3.05, 3.63) is 54.7 Å². The summed E-state index contributed by atoms with van der Waals surface area (Å²) >= 11 is 39.2. The third kappa shape index (κ3) is 14.6. The molecule has 0 aliphatic carbocycles.